The van der Waals surface area contributed by atoms with Crippen LogP contribution in [-0.4, -0.2) is 26.2 Å². The monoisotopic (exact) mass is 466 g/mol. The van der Waals surface area contributed by atoms with Crippen molar-refractivity contribution in [2.75, 3.05) is 6.54 Å². The van der Waals surface area contributed by atoms with E-state index in [9.17, 15) is 9.18 Å². The highest BCUT2D eigenvalue weighted by Gasteiger charge is 2.30. The van der Waals surface area contributed by atoms with Gasteiger partial charge in [0.2, 0.25) is 0 Å². The molecule has 1 amide bonds. The molecule has 0 unspecified atom stereocenters. The zero-order valence-corrected chi connectivity index (χ0v) is 19.7. The van der Waals surface area contributed by atoms with Crippen molar-refractivity contribution in [3.63, 3.8) is 0 Å². The topological polar surface area (TPSA) is 34.5 Å². The highest BCUT2D eigenvalue weighted by molar-refractivity contribution is 8.26. The second-order valence-corrected chi connectivity index (χ2v) is 9.17. The number of thiocarbonyl (C=S) groups is 1. The van der Waals surface area contributed by atoms with Gasteiger partial charge in [0.1, 0.15) is 22.5 Å². The molecule has 1 aliphatic rings. The zero-order chi connectivity index (χ0) is 22.8. The fourth-order valence-electron chi connectivity index (χ4n) is 3.68. The van der Waals surface area contributed by atoms with Gasteiger partial charge in [0, 0.05) is 23.6 Å². The summed E-state index contributed by atoms with van der Waals surface area (Å²) in [7, 11) is 0. The molecule has 4 rings (SSSR count). The van der Waals surface area contributed by atoms with E-state index in [2.05, 4.69) is 10.6 Å². The van der Waals surface area contributed by atoms with Crippen molar-refractivity contribution >= 4 is 40.3 Å². The number of aryl methyl sites for hydroxylation is 1. The lowest BCUT2D eigenvalue weighted by Crippen LogP contribution is -2.27. The number of hydrogen-bond acceptors (Lipinski definition) is 4. The van der Waals surface area contributed by atoms with E-state index in [1.54, 1.807) is 17.0 Å². The number of hydrogen-bond donors (Lipinski definition) is 0. The third-order valence-corrected chi connectivity index (χ3v) is 6.74. The third kappa shape index (κ3) is 4.49. The van der Waals surface area contributed by atoms with Crippen LogP contribution in [0.1, 0.15) is 29.4 Å². The Bertz CT molecular complexity index is 1200. The van der Waals surface area contributed by atoms with Gasteiger partial charge < -0.3 is 9.30 Å². The smallest absolute Gasteiger partial charge is 0.266 e. The molecule has 3 aromatic rings. The second kappa shape index (κ2) is 9.30. The highest BCUT2D eigenvalue weighted by Crippen LogP contribution is 2.34. The Kier molecular flexibility index (Phi) is 6.48. The van der Waals surface area contributed by atoms with E-state index < -0.39 is 0 Å². The van der Waals surface area contributed by atoms with E-state index in [4.69, 9.17) is 17.0 Å². The van der Waals surface area contributed by atoms with Crippen LogP contribution in [-0.2, 0) is 11.4 Å². The van der Waals surface area contributed by atoms with Gasteiger partial charge in [-0.15, -0.1) is 0 Å². The SMILES string of the molecule is CCN1C(=O)/C(=C/c2cc(C)n(-c3ccc(OCc4ccc(F)cc4)cc3)c2C)SC1=S. The largest absolute Gasteiger partial charge is 0.489 e. The van der Waals surface area contributed by atoms with Gasteiger partial charge in [-0.2, -0.15) is 0 Å². The summed E-state index contributed by atoms with van der Waals surface area (Å²) in [5.74, 6) is 0.450. The summed E-state index contributed by atoms with van der Waals surface area (Å²) in [6.45, 7) is 6.96. The molecule has 1 aliphatic heterocycles. The number of amides is 1. The zero-order valence-electron chi connectivity index (χ0n) is 18.1. The molecule has 0 spiro atoms. The summed E-state index contributed by atoms with van der Waals surface area (Å²) in [5, 5.41) is 0. The van der Waals surface area contributed by atoms with Crippen LogP contribution in [0.3, 0.4) is 0 Å². The molecule has 1 fully saturated rings. The first-order valence-electron chi connectivity index (χ1n) is 10.3. The molecular formula is C25H23FN2O2S2. The molecule has 32 heavy (non-hydrogen) atoms. The first kappa shape index (κ1) is 22.3. The number of ether oxygens (including phenoxy) is 1. The van der Waals surface area contributed by atoms with Gasteiger partial charge in [0.05, 0.1) is 4.91 Å². The molecule has 2 heterocycles. The minimum Gasteiger partial charge on any atom is -0.489 e. The van der Waals surface area contributed by atoms with Crippen LogP contribution in [0.25, 0.3) is 11.8 Å². The summed E-state index contributed by atoms with van der Waals surface area (Å²) in [6.07, 6.45) is 1.92. The number of benzene rings is 2. The van der Waals surface area contributed by atoms with Gasteiger partial charge in [-0.1, -0.05) is 36.1 Å². The molecule has 0 bridgehead atoms. The molecule has 1 aromatic heterocycles. The molecule has 0 N–H and O–H groups in total. The minimum absolute atomic E-state index is 0.0324. The molecule has 7 heteroatoms. The molecule has 0 radical (unpaired) electrons. The van der Waals surface area contributed by atoms with Gasteiger partial charge in [0.15, 0.2) is 0 Å². The predicted molar refractivity (Wildman–Crippen MR) is 132 cm³/mol. The number of nitrogens with zero attached hydrogens (tertiary/aromatic N) is 2. The average Bonchev–Trinajstić information content (AvgIpc) is 3.21. The van der Waals surface area contributed by atoms with E-state index >= 15 is 0 Å². The first-order valence-corrected chi connectivity index (χ1v) is 11.5. The van der Waals surface area contributed by atoms with Crippen molar-refractivity contribution in [2.24, 2.45) is 0 Å². The van der Waals surface area contributed by atoms with Crippen molar-refractivity contribution in [1.29, 1.82) is 0 Å². The maximum absolute atomic E-state index is 13.0. The van der Waals surface area contributed by atoms with Crippen LogP contribution in [0.2, 0.25) is 0 Å². The first-order chi connectivity index (χ1) is 15.4. The lowest BCUT2D eigenvalue weighted by molar-refractivity contribution is -0.121. The summed E-state index contributed by atoms with van der Waals surface area (Å²) < 4.78 is 21.6. The van der Waals surface area contributed by atoms with Crippen molar-refractivity contribution in [3.05, 3.63) is 87.8 Å². The van der Waals surface area contributed by atoms with Gasteiger partial charge in [0.25, 0.3) is 5.91 Å². The Hall–Kier alpha value is -2.90. The van der Waals surface area contributed by atoms with Crippen LogP contribution < -0.4 is 4.74 Å². The second-order valence-electron chi connectivity index (χ2n) is 7.50. The maximum atomic E-state index is 13.0. The normalized spacial score (nSPS) is 15.1. The number of rotatable bonds is 6. The van der Waals surface area contributed by atoms with Gasteiger partial charge in [-0.25, -0.2) is 4.39 Å². The average molecular weight is 467 g/mol. The Balaban J connectivity index is 1.52. The van der Waals surface area contributed by atoms with E-state index in [-0.39, 0.29) is 11.7 Å². The van der Waals surface area contributed by atoms with Gasteiger partial charge in [-0.05, 0) is 80.4 Å². The maximum Gasteiger partial charge on any atom is 0.266 e. The predicted octanol–water partition coefficient (Wildman–Crippen LogP) is 6.03. The summed E-state index contributed by atoms with van der Waals surface area (Å²) in [6, 6.07) is 16.2. The molecule has 164 valence electrons. The number of halogens is 1. The lowest BCUT2D eigenvalue weighted by Gasteiger charge is -2.12. The molecule has 0 saturated carbocycles. The summed E-state index contributed by atoms with van der Waals surface area (Å²) in [5.41, 5.74) is 5.03. The van der Waals surface area contributed by atoms with E-state index in [1.807, 2.05) is 51.1 Å². The lowest BCUT2D eigenvalue weighted by atomic mass is 10.2. The number of likely N-dealkylation sites (N-methyl/N-ethyl adjacent to an activating group) is 1. The van der Waals surface area contributed by atoms with Crippen molar-refractivity contribution in [3.8, 4) is 11.4 Å². The number of carbonyl (C=O) groups excluding carboxylic acids is 1. The Morgan fingerprint density at radius 1 is 1.09 bits per heavy atom. The Morgan fingerprint density at radius 3 is 2.41 bits per heavy atom. The highest BCUT2D eigenvalue weighted by atomic mass is 32.2. The van der Waals surface area contributed by atoms with Crippen molar-refractivity contribution in [1.82, 2.24) is 9.47 Å². The standard InChI is InChI=1S/C25H23FN2O2S2/c1-4-27-24(29)23(32-25(27)31)14-19-13-16(2)28(17(19)3)21-9-11-22(12-10-21)30-15-18-5-7-20(26)8-6-18/h5-14H,4,15H2,1-3H3/b23-14-. The van der Waals surface area contributed by atoms with Gasteiger partial charge in [-0.3, -0.25) is 9.69 Å². The number of carbonyl (C=O) groups is 1. The summed E-state index contributed by atoms with van der Waals surface area (Å²) in [4.78, 5) is 14.8. The van der Waals surface area contributed by atoms with E-state index in [1.165, 1.54) is 23.9 Å². The van der Waals surface area contributed by atoms with Crippen molar-refractivity contribution < 1.29 is 13.9 Å². The molecule has 0 aliphatic carbocycles. The quantitative estimate of drug-likeness (QED) is 0.328. The van der Waals surface area contributed by atoms with Crippen LogP contribution in [0, 0.1) is 19.7 Å². The number of thioether (sulfide) groups is 1. The van der Waals surface area contributed by atoms with E-state index in [0.717, 1.165) is 34.0 Å². The Morgan fingerprint density at radius 2 is 1.78 bits per heavy atom. The van der Waals surface area contributed by atoms with Gasteiger partial charge >= 0.3 is 0 Å². The molecule has 0 atom stereocenters. The molecule has 4 nitrogen and oxygen atoms in total. The minimum atomic E-state index is -0.258. The Labute approximate surface area is 196 Å². The number of aromatic nitrogens is 1. The fourth-order valence-corrected chi connectivity index (χ4v) is 5.06. The summed E-state index contributed by atoms with van der Waals surface area (Å²) >= 11 is 6.66. The fraction of sp³-hybridized carbons (Fsp3) is 0.200. The van der Waals surface area contributed by atoms with Crippen LogP contribution in [0.5, 0.6) is 5.75 Å². The molecular weight excluding hydrogens is 443 g/mol. The van der Waals surface area contributed by atoms with Crippen LogP contribution >= 0.6 is 24.0 Å². The molecule has 2 aromatic carbocycles. The van der Waals surface area contributed by atoms with Crippen LogP contribution in [0.15, 0.2) is 59.5 Å². The third-order valence-electron chi connectivity index (χ3n) is 5.36. The molecule has 1 saturated heterocycles. The van der Waals surface area contributed by atoms with Crippen molar-refractivity contribution in [2.45, 2.75) is 27.4 Å². The van der Waals surface area contributed by atoms with E-state index in [0.29, 0.717) is 22.4 Å². The van der Waals surface area contributed by atoms with Crippen LogP contribution in [0.4, 0.5) is 4.39 Å².